The minimum Gasteiger partial charge on any atom is -0.507 e. The molecule has 14 nitrogen and oxygen atoms in total. The Balaban J connectivity index is 1.45. The minimum absolute atomic E-state index is 0.0261. The monoisotopic (exact) mass is 542 g/mol. The molecule has 1 unspecified atom stereocenters. The molecule has 202 valence electrons. The molecule has 0 radical (unpaired) electrons. The van der Waals surface area contributed by atoms with E-state index in [9.17, 15) is 39.2 Å². The number of ether oxygens (including phenoxy) is 2. The van der Waals surface area contributed by atoms with Crippen LogP contribution in [0.15, 0.2) is 34.0 Å². The lowest BCUT2D eigenvalue weighted by Gasteiger charge is -2.23. The maximum absolute atomic E-state index is 12.9. The Kier molecular flexibility index (Phi) is 8.11. The number of carbonyl (C=O) groups is 1. The Hall–Kier alpha value is -2.68. The van der Waals surface area contributed by atoms with Gasteiger partial charge in [-0.2, -0.15) is 0 Å². The topological polar surface area (TPSA) is 207 Å². The van der Waals surface area contributed by atoms with Gasteiger partial charge in [0.25, 0.3) is 5.56 Å². The van der Waals surface area contributed by atoms with Crippen LogP contribution in [0.2, 0.25) is 0 Å². The maximum atomic E-state index is 12.9. The lowest BCUT2D eigenvalue weighted by molar-refractivity contribution is -0.0520. The summed E-state index contributed by atoms with van der Waals surface area (Å²) in [5.74, 6) is -0.264. The highest BCUT2D eigenvalue weighted by molar-refractivity contribution is 7.47. The average molecular weight is 542 g/mol. The number of aliphatic hydroxyl groups excluding tert-OH is 2. The van der Waals surface area contributed by atoms with Gasteiger partial charge < -0.3 is 29.7 Å². The highest BCUT2D eigenvalue weighted by Crippen LogP contribution is 2.52. The van der Waals surface area contributed by atoms with E-state index in [1.54, 1.807) is 6.07 Å². The molecule has 2 fully saturated rings. The maximum Gasteiger partial charge on any atom is 0.472 e. The molecule has 2 aliphatic rings. The normalized spacial score (nSPS) is 29.3. The molecule has 0 spiro atoms. The van der Waals surface area contributed by atoms with Crippen LogP contribution in [0.5, 0.6) is 5.75 Å². The minimum atomic E-state index is -4.80. The number of phenolic OH excluding ortho intramolecular Hbond substituents is 1. The Bertz CT molecular complexity index is 1310. The highest BCUT2D eigenvalue weighted by atomic mass is 31.2. The van der Waals surface area contributed by atoms with Gasteiger partial charge in [0, 0.05) is 24.6 Å². The lowest BCUT2D eigenvalue weighted by Crippen LogP contribution is -2.33. The first-order chi connectivity index (χ1) is 17.5. The zero-order chi connectivity index (χ0) is 26.9. The zero-order valence-electron chi connectivity index (χ0n) is 19.6. The molecule has 5 N–H and O–H groups in total. The molecule has 0 amide bonds. The van der Waals surface area contributed by atoms with Gasteiger partial charge in [0.15, 0.2) is 6.29 Å². The predicted molar refractivity (Wildman–Crippen MR) is 124 cm³/mol. The third kappa shape index (κ3) is 5.92. The lowest BCUT2D eigenvalue weighted by atomic mass is 10.0. The number of phenols is 1. The standard InChI is InChI=1S/C22H27N2O12P/c1-11-7-24(22(30)23-21(11)29)20-6-17(19(10-27)34-20)36-37(31,32)35-16-5-15(33-18(16)9-26)12-2-3-13(8-25)14(28)4-12/h2-4,7-8,15-20,26-28H,5-6,9-10H2,1H3,(H,31,32)(H,23,29,30)/t15-,16+,17+,18-,19-,20-/m1/s1. The molecule has 2 aromatic rings. The summed E-state index contributed by atoms with van der Waals surface area (Å²) < 4.78 is 35.9. The van der Waals surface area contributed by atoms with E-state index in [1.165, 1.54) is 25.3 Å². The predicted octanol–water partition coefficient (Wildman–Crippen LogP) is 0.0362. The number of hydrogen-bond acceptors (Lipinski definition) is 11. The number of aliphatic hydroxyl groups is 2. The molecular formula is C22H27N2O12P. The van der Waals surface area contributed by atoms with E-state index in [0.717, 1.165) is 4.57 Å². The number of hydrogen-bond donors (Lipinski definition) is 5. The first kappa shape index (κ1) is 27.4. The number of aldehydes is 1. The molecule has 4 rings (SSSR count). The van der Waals surface area contributed by atoms with Gasteiger partial charge in [-0.25, -0.2) is 9.36 Å². The van der Waals surface area contributed by atoms with Crippen molar-refractivity contribution in [2.45, 2.75) is 56.5 Å². The number of carbonyl (C=O) groups excluding carboxylic acids is 1. The number of phosphoric acid groups is 1. The van der Waals surface area contributed by atoms with Crippen LogP contribution < -0.4 is 11.2 Å². The molecule has 1 aromatic carbocycles. The van der Waals surface area contributed by atoms with Crippen LogP contribution in [-0.4, -0.2) is 73.7 Å². The van der Waals surface area contributed by atoms with E-state index in [2.05, 4.69) is 4.98 Å². The Labute approximate surface area is 209 Å². The number of nitrogens with one attached hydrogen (secondary N) is 1. The molecule has 37 heavy (non-hydrogen) atoms. The Morgan fingerprint density at radius 3 is 2.41 bits per heavy atom. The zero-order valence-corrected chi connectivity index (χ0v) is 20.5. The molecule has 0 aliphatic carbocycles. The number of aromatic hydroxyl groups is 1. The van der Waals surface area contributed by atoms with Gasteiger partial charge in [-0.05, 0) is 24.6 Å². The van der Waals surface area contributed by atoms with Crippen molar-refractivity contribution in [3.05, 3.63) is 61.9 Å². The first-order valence-corrected chi connectivity index (χ1v) is 12.9. The van der Waals surface area contributed by atoms with Gasteiger partial charge in [-0.1, -0.05) is 6.07 Å². The summed E-state index contributed by atoms with van der Waals surface area (Å²) in [4.78, 5) is 47.4. The van der Waals surface area contributed by atoms with Gasteiger partial charge in [-0.15, -0.1) is 0 Å². The van der Waals surface area contributed by atoms with E-state index in [4.69, 9.17) is 18.5 Å². The van der Waals surface area contributed by atoms with Crippen LogP contribution >= 0.6 is 7.82 Å². The van der Waals surface area contributed by atoms with Crippen molar-refractivity contribution >= 4 is 14.1 Å². The summed E-state index contributed by atoms with van der Waals surface area (Å²) in [7, 11) is -4.80. The largest absolute Gasteiger partial charge is 0.507 e. The summed E-state index contributed by atoms with van der Waals surface area (Å²) in [6.07, 6.45) is -4.32. The van der Waals surface area contributed by atoms with Crippen LogP contribution in [0.4, 0.5) is 0 Å². The number of benzene rings is 1. The number of H-pyrrole nitrogens is 1. The van der Waals surface area contributed by atoms with Crippen molar-refractivity contribution in [3.8, 4) is 5.75 Å². The van der Waals surface area contributed by atoms with Gasteiger partial charge >= 0.3 is 13.5 Å². The van der Waals surface area contributed by atoms with Gasteiger partial charge in [-0.3, -0.25) is 28.2 Å². The third-order valence-corrected chi connectivity index (χ3v) is 7.36. The van der Waals surface area contributed by atoms with E-state index < -0.39 is 69.0 Å². The summed E-state index contributed by atoms with van der Waals surface area (Å²) in [6, 6.07) is 4.26. The molecule has 1 aromatic heterocycles. The van der Waals surface area contributed by atoms with E-state index in [1.807, 2.05) is 0 Å². The van der Waals surface area contributed by atoms with E-state index in [-0.39, 0.29) is 29.7 Å². The van der Waals surface area contributed by atoms with Crippen molar-refractivity contribution in [2.24, 2.45) is 0 Å². The van der Waals surface area contributed by atoms with Crippen LogP contribution in [0, 0.1) is 6.92 Å². The molecule has 2 saturated heterocycles. The number of rotatable bonds is 9. The van der Waals surface area contributed by atoms with Crippen molar-refractivity contribution in [3.63, 3.8) is 0 Å². The van der Waals surface area contributed by atoms with Crippen molar-refractivity contribution in [2.75, 3.05) is 13.2 Å². The first-order valence-electron chi connectivity index (χ1n) is 11.4. The SMILES string of the molecule is Cc1cn([C@H]2C[C@H](OP(=O)(O)O[C@H]3C[C@H](c4ccc(C=O)c(O)c4)O[C@@H]3CO)[C@@H](CO)O2)c(=O)[nH]c1=O. The molecule has 7 atom stereocenters. The molecular weight excluding hydrogens is 515 g/mol. The third-order valence-electron chi connectivity index (χ3n) is 6.29. The second-order valence-electron chi connectivity index (χ2n) is 8.80. The number of aromatic amines is 1. The Morgan fingerprint density at radius 1 is 1.14 bits per heavy atom. The number of nitrogens with zero attached hydrogens (tertiary/aromatic N) is 1. The van der Waals surface area contributed by atoms with Crippen molar-refractivity contribution in [1.82, 2.24) is 9.55 Å². The molecule has 3 heterocycles. The fraction of sp³-hybridized carbons (Fsp3) is 0.500. The smallest absolute Gasteiger partial charge is 0.472 e. The summed E-state index contributed by atoms with van der Waals surface area (Å²) >= 11 is 0. The molecule has 2 aliphatic heterocycles. The van der Waals surface area contributed by atoms with Crippen molar-refractivity contribution < 1.29 is 48.1 Å². The summed E-state index contributed by atoms with van der Waals surface area (Å²) in [5.41, 5.74) is -0.533. The van der Waals surface area contributed by atoms with E-state index >= 15 is 0 Å². The van der Waals surface area contributed by atoms with Crippen LogP contribution in [0.1, 0.15) is 46.7 Å². The molecule has 0 bridgehead atoms. The number of aromatic nitrogens is 2. The van der Waals surface area contributed by atoms with Gasteiger partial charge in [0.1, 0.15) is 36.4 Å². The fourth-order valence-corrected chi connectivity index (χ4v) is 5.55. The second-order valence-corrected chi connectivity index (χ2v) is 10.2. The fourth-order valence-electron chi connectivity index (χ4n) is 4.38. The van der Waals surface area contributed by atoms with E-state index in [0.29, 0.717) is 11.8 Å². The summed E-state index contributed by atoms with van der Waals surface area (Å²) in [6.45, 7) is 0.359. The number of phosphoric ester groups is 1. The van der Waals surface area contributed by atoms with Crippen molar-refractivity contribution in [1.29, 1.82) is 0 Å². The average Bonchev–Trinajstić information content (AvgIpc) is 3.44. The number of aryl methyl sites for hydroxylation is 1. The molecule has 15 heteroatoms. The highest BCUT2D eigenvalue weighted by Gasteiger charge is 2.45. The quantitative estimate of drug-likeness (QED) is 0.210. The van der Waals surface area contributed by atoms with Crippen LogP contribution in [-0.2, 0) is 23.1 Å². The van der Waals surface area contributed by atoms with Gasteiger partial charge in [0.05, 0.1) is 24.9 Å². The second kappa shape index (κ2) is 11.0. The van der Waals surface area contributed by atoms with Crippen LogP contribution in [0.3, 0.4) is 0 Å². The Morgan fingerprint density at radius 2 is 1.78 bits per heavy atom. The van der Waals surface area contributed by atoms with Crippen LogP contribution in [0.25, 0.3) is 0 Å². The molecule has 0 saturated carbocycles. The van der Waals surface area contributed by atoms with Gasteiger partial charge in [0.2, 0.25) is 0 Å². The summed E-state index contributed by atoms with van der Waals surface area (Å²) in [5, 5.41) is 29.3.